The van der Waals surface area contributed by atoms with Crippen molar-refractivity contribution in [1.29, 1.82) is 0 Å². The van der Waals surface area contributed by atoms with Crippen LogP contribution in [0.4, 0.5) is 0 Å². The number of ether oxygens (including phenoxy) is 1. The zero-order valence-corrected chi connectivity index (χ0v) is 12.2. The Bertz CT molecular complexity index is 332. The molecule has 19 heavy (non-hydrogen) atoms. The minimum atomic E-state index is -0.499. The molecule has 4 nitrogen and oxygen atoms in total. The fraction of sp³-hybridized carbons (Fsp3) is 0.600. The van der Waals surface area contributed by atoms with Crippen LogP contribution in [0.2, 0.25) is 0 Å². The molecule has 0 aromatic heterocycles. The van der Waals surface area contributed by atoms with Crippen molar-refractivity contribution in [3.8, 4) is 0 Å². The lowest BCUT2D eigenvalue weighted by Gasteiger charge is -2.05. The molecule has 0 radical (unpaired) electrons. The van der Waals surface area contributed by atoms with Gasteiger partial charge in [-0.2, -0.15) is 0 Å². The maximum Gasteiger partial charge on any atom is 0.354 e. The molecule has 0 fully saturated rings. The second kappa shape index (κ2) is 11.5. The Labute approximate surface area is 115 Å². The van der Waals surface area contributed by atoms with Crippen LogP contribution in [-0.4, -0.2) is 19.0 Å². The molecule has 0 heterocycles. The van der Waals surface area contributed by atoms with E-state index in [2.05, 4.69) is 29.1 Å². The fourth-order valence-corrected chi connectivity index (χ4v) is 1.60. The molecule has 0 saturated heterocycles. The Morgan fingerprint density at radius 2 is 1.79 bits per heavy atom. The number of nitrogens with one attached hydrogen (secondary N) is 1. The molecule has 0 aromatic rings. The average Bonchev–Trinajstić information content (AvgIpc) is 2.39. The van der Waals surface area contributed by atoms with E-state index in [4.69, 9.17) is 0 Å². The summed E-state index contributed by atoms with van der Waals surface area (Å²) in [4.78, 5) is 22.3. The highest BCUT2D eigenvalue weighted by Crippen LogP contribution is 2.06. The van der Waals surface area contributed by atoms with Gasteiger partial charge in [0.05, 0.1) is 7.11 Å². The van der Waals surface area contributed by atoms with Gasteiger partial charge in [-0.3, -0.25) is 4.79 Å². The number of carbonyl (C=O) groups is 2. The lowest BCUT2D eigenvalue weighted by Crippen LogP contribution is -2.25. The van der Waals surface area contributed by atoms with Crippen molar-refractivity contribution in [3.63, 3.8) is 0 Å². The summed E-state index contributed by atoms with van der Waals surface area (Å²) in [5.41, 5.74) is 0.237. The van der Waals surface area contributed by atoms with Crippen LogP contribution in [0.15, 0.2) is 23.9 Å². The van der Waals surface area contributed by atoms with Crippen LogP contribution in [-0.2, 0) is 14.3 Å². The summed E-state index contributed by atoms with van der Waals surface area (Å²) in [6.45, 7) is 3.49. The van der Waals surface area contributed by atoms with Crippen LogP contribution in [0.1, 0.15) is 52.4 Å². The summed E-state index contributed by atoms with van der Waals surface area (Å²) in [7, 11) is 1.30. The summed E-state index contributed by atoms with van der Waals surface area (Å²) < 4.78 is 4.60. The quantitative estimate of drug-likeness (QED) is 0.302. The van der Waals surface area contributed by atoms with Crippen molar-refractivity contribution in [2.75, 3.05) is 7.11 Å². The third-order valence-electron chi connectivity index (χ3n) is 2.54. The average molecular weight is 267 g/mol. The summed E-state index contributed by atoms with van der Waals surface area (Å²) in [5, 5.41) is 2.49. The molecule has 0 aliphatic rings. The zero-order valence-electron chi connectivity index (χ0n) is 12.2. The van der Waals surface area contributed by atoms with E-state index in [1.165, 1.54) is 14.0 Å². The molecule has 0 rings (SSSR count). The van der Waals surface area contributed by atoms with Gasteiger partial charge in [0, 0.05) is 6.92 Å². The first-order chi connectivity index (χ1) is 9.11. The van der Waals surface area contributed by atoms with Crippen molar-refractivity contribution in [3.05, 3.63) is 23.9 Å². The van der Waals surface area contributed by atoms with Crippen LogP contribution in [0.25, 0.3) is 0 Å². The molecule has 108 valence electrons. The largest absolute Gasteiger partial charge is 0.464 e. The maximum atomic E-state index is 11.4. The van der Waals surface area contributed by atoms with Gasteiger partial charge >= 0.3 is 5.97 Å². The number of amides is 1. The van der Waals surface area contributed by atoms with E-state index in [9.17, 15) is 9.59 Å². The van der Waals surface area contributed by atoms with Crippen LogP contribution in [0.5, 0.6) is 0 Å². The van der Waals surface area contributed by atoms with Crippen molar-refractivity contribution < 1.29 is 14.3 Å². The zero-order chi connectivity index (χ0) is 14.5. The Morgan fingerprint density at radius 3 is 2.37 bits per heavy atom. The molecule has 4 heteroatoms. The number of esters is 1. The van der Waals surface area contributed by atoms with Gasteiger partial charge in [0.1, 0.15) is 5.70 Å². The normalized spacial score (nSPS) is 11.6. The molecule has 0 atom stereocenters. The van der Waals surface area contributed by atoms with E-state index < -0.39 is 5.97 Å². The molecule has 1 amide bonds. The first kappa shape index (κ1) is 17.4. The molecule has 1 N–H and O–H groups in total. The van der Waals surface area contributed by atoms with Crippen LogP contribution in [0, 0.1) is 0 Å². The van der Waals surface area contributed by atoms with Crippen LogP contribution < -0.4 is 5.32 Å². The second-order valence-corrected chi connectivity index (χ2v) is 4.31. The number of methoxy groups -OCH3 is 1. The predicted molar refractivity (Wildman–Crippen MR) is 76.4 cm³/mol. The molecule has 0 aromatic carbocycles. The highest BCUT2D eigenvalue weighted by atomic mass is 16.5. The van der Waals surface area contributed by atoms with Gasteiger partial charge in [0.25, 0.3) is 0 Å². The Hall–Kier alpha value is -1.58. The third kappa shape index (κ3) is 10.1. The van der Waals surface area contributed by atoms with Gasteiger partial charge in [-0.25, -0.2) is 4.79 Å². The number of unbranched alkanes of at least 4 members (excludes halogenated alkanes) is 4. The Morgan fingerprint density at radius 1 is 1.11 bits per heavy atom. The van der Waals surface area contributed by atoms with Crippen molar-refractivity contribution in [2.24, 2.45) is 0 Å². The fourth-order valence-electron chi connectivity index (χ4n) is 1.60. The van der Waals surface area contributed by atoms with Crippen LogP contribution in [0.3, 0.4) is 0 Å². The molecular weight excluding hydrogens is 242 g/mol. The summed E-state index contributed by atoms with van der Waals surface area (Å²) in [5.74, 6) is -0.762. The molecule has 0 spiro atoms. The SMILES string of the molecule is CC/C=C\CCCCC/C=C(\NC(C)=O)C(=O)OC. The minimum absolute atomic E-state index is 0.237. The smallest absolute Gasteiger partial charge is 0.354 e. The highest BCUT2D eigenvalue weighted by molar-refractivity contribution is 5.93. The molecule has 0 saturated carbocycles. The van der Waals surface area contributed by atoms with Crippen LogP contribution >= 0.6 is 0 Å². The van der Waals surface area contributed by atoms with E-state index >= 15 is 0 Å². The molecular formula is C15H25NO3. The van der Waals surface area contributed by atoms with Gasteiger partial charge in [-0.1, -0.05) is 31.6 Å². The molecule has 0 aliphatic heterocycles. The number of carbonyl (C=O) groups excluding carboxylic acids is 2. The third-order valence-corrected chi connectivity index (χ3v) is 2.54. The number of allylic oxidation sites excluding steroid dienone is 3. The lowest BCUT2D eigenvalue weighted by atomic mass is 10.1. The second-order valence-electron chi connectivity index (χ2n) is 4.31. The Balaban J connectivity index is 3.94. The van der Waals surface area contributed by atoms with E-state index in [1.54, 1.807) is 6.08 Å². The Kier molecular flexibility index (Phi) is 10.6. The van der Waals surface area contributed by atoms with Gasteiger partial charge in [0.2, 0.25) is 5.91 Å². The first-order valence-corrected chi connectivity index (χ1v) is 6.82. The first-order valence-electron chi connectivity index (χ1n) is 6.82. The van der Waals surface area contributed by atoms with E-state index in [1.807, 2.05) is 0 Å². The van der Waals surface area contributed by atoms with E-state index in [-0.39, 0.29) is 11.6 Å². The van der Waals surface area contributed by atoms with Gasteiger partial charge in [-0.15, -0.1) is 0 Å². The highest BCUT2D eigenvalue weighted by Gasteiger charge is 2.09. The molecule has 0 unspecified atom stereocenters. The lowest BCUT2D eigenvalue weighted by molar-refractivity contribution is -0.137. The topological polar surface area (TPSA) is 55.4 Å². The number of rotatable bonds is 9. The van der Waals surface area contributed by atoms with Crippen molar-refractivity contribution >= 4 is 11.9 Å². The van der Waals surface area contributed by atoms with Crippen molar-refractivity contribution in [1.82, 2.24) is 5.32 Å². The van der Waals surface area contributed by atoms with Gasteiger partial charge in [0.15, 0.2) is 0 Å². The van der Waals surface area contributed by atoms with Gasteiger partial charge < -0.3 is 10.1 Å². The van der Waals surface area contributed by atoms with E-state index in [0.717, 1.165) is 38.5 Å². The predicted octanol–water partition coefficient (Wildman–Crippen LogP) is 3.10. The van der Waals surface area contributed by atoms with E-state index in [0.29, 0.717) is 0 Å². The monoisotopic (exact) mass is 267 g/mol. The minimum Gasteiger partial charge on any atom is -0.464 e. The van der Waals surface area contributed by atoms with Crippen molar-refractivity contribution in [2.45, 2.75) is 52.4 Å². The summed E-state index contributed by atoms with van der Waals surface area (Å²) in [6.07, 6.45) is 12.3. The molecule has 0 bridgehead atoms. The van der Waals surface area contributed by atoms with Gasteiger partial charge in [-0.05, 0) is 32.1 Å². The maximum absolute atomic E-state index is 11.4. The molecule has 0 aliphatic carbocycles. The summed E-state index contributed by atoms with van der Waals surface area (Å²) in [6, 6.07) is 0. The number of hydrogen-bond acceptors (Lipinski definition) is 3. The summed E-state index contributed by atoms with van der Waals surface area (Å²) >= 11 is 0. The standard InChI is InChI=1S/C15H25NO3/c1-4-5-6-7-8-9-10-11-12-14(15(18)19-3)16-13(2)17/h5-6,12H,4,7-11H2,1-3H3,(H,16,17)/b6-5-,14-12-. The number of hydrogen-bond donors (Lipinski definition) is 1.